The fourth-order valence-corrected chi connectivity index (χ4v) is 2.13. The molecule has 0 fully saturated rings. The van der Waals surface area contributed by atoms with Crippen molar-refractivity contribution in [2.45, 2.75) is 19.1 Å². The number of benzene rings is 2. The molecule has 6 heteroatoms. The molecule has 0 spiro atoms. The molecule has 2 N–H and O–H groups in total. The van der Waals surface area contributed by atoms with E-state index < -0.39 is 23.6 Å². The molecule has 0 aliphatic heterocycles. The zero-order chi connectivity index (χ0) is 15.8. The van der Waals surface area contributed by atoms with E-state index in [4.69, 9.17) is 17.3 Å². The Morgan fingerprint density at radius 2 is 1.76 bits per heavy atom. The largest absolute Gasteiger partial charge is 0.416 e. The lowest BCUT2D eigenvalue weighted by molar-refractivity contribution is -0.137. The van der Waals surface area contributed by atoms with Crippen molar-refractivity contribution in [3.05, 3.63) is 69.5 Å². The van der Waals surface area contributed by atoms with Crippen LogP contribution in [-0.4, -0.2) is 0 Å². The molecule has 0 aliphatic carbocycles. The molecule has 0 aromatic heterocycles. The molecule has 0 radical (unpaired) electrons. The van der Waals surface area contributed by atoms with Crippen molar-refractivity contribution in [1.29, 1.82) is 0 Å². The molecular weight excluding hydrogens is 306 g/mol. The second-order valence-corrected chi connectivity index (χ2v) is 5.13. The van der Waals surface area contributed by atoms with Gasteiger partial charge in [-0.3, -0.25) is 0 Å². The van der Waals surface area contributed by atoms with Crippen molar-refractivity contribution < 1.29 is 17.6 Å². The van der Waals surface area contributed by atoms with E-state index in [1.165, 1.54) is 6.07 Å². The Kier molecular flexibility index (Phi) is 4.25. The molecule has 1 unspecified atom stereocenters. The molecule has 2 aromatic rings. The molecule has 0 aliphatic rings. The quantitative estimate of drug-likeness (QED) is 0.787. The molecule has 0 heterocycles. The summed E-state index contributed by atoms with van der Waals surface area (Å²) in [7, 11) is 0. The van der Waals surface area contributed by atoms with Gasteiger partial charge in [-0.1, -0.05) is 23.7 Å². The average Bonchev–Trinajstić information content (AvgIpc) is 2.40. The van der Waals surface area contributed by atoms with Gasteiger partial charge in [-0.15, -0.1) is 0 Å². The maximum Gasteiger partial charge on any atom is 0.416 e. The van der Waals surface area contributed by atoms with E-state index in [9.17, 15) is 17.6 Å². The summed E-state index contributed by atoms with van der Waals surface area (Å²) >= 11 is 5.96. The average molecular weight is 318 g/mol. The Morgan fingerprint density at radius 3 is 2.33 bits per heavy atom. The first kappa shape index (κ1) is 15.8. The van der Waals surface area contributed by atoms with Gasteiger partial charge in [0.15, 0.2) is 0 Å². The first-order valence-electron chi connectivity index (χ1n) is 6.08. The third-order valence-electron chi connectivity index (χ3n) is 3.21. The highest BCUT2D eigenvalue weighted by molar-refractivity contribution is 6.31. The van der Waals surface area contributed by atoms with E-state index >= 15 is 0 Å². The first-order chi connectivity index (χ1) is 9.70. The highest BCUT2D eigenvalue weighted by Crippen LogP contribution is 2.33. The number of aryl methyl sites for hydroxylation is 1. The maximum atomic E-state index is 13.8. The summed E-state index contributed by atoms with van der Waals surface area (Å²) in [5, 5.41) is 0.426. The van der Waals surface area contributed by atoms with Crippen LogP contribution in [0.2, 0.25) is 5.02 Å². The van der Waals surface area contributed by atoms with Crippen molar-refractivity contribution in [2.75, 3.05) is 0 Å². The van der Waals surface area contributed by atoms with Gasteiger partial charge in [-0.25, -0.2) is 4.39 Å². The van der Waals surface area contributed by atoms with E-state index in [2.05, 4.69) is 0 Å². The van der Waals surface area contributed by atoms with Gasteiger partial charge in [0.25, 0.3) is 0 Å². The highest BCUT2D eigenvalue weighted by Gasteiger charge is 2.31. The van der Waals surface area contributed by atoms with Gasteiger partial charge in [0.2, 0.25) is 0 Å². The van der Waals surface area contributed by atoms with Crippen LogP contribution in [0.5, 0.6) is 0 Å². The van der Waals surface area contributed by atoms with Gasteiger partial charge >= 0.3 is 6.18 Å². The van der Waals surface area contributed by atoms with Crippen LogP contribution in [0.15, 0.2) is 36.4 Å². The van der Waals surface area contributed by atoms with Crippen molar-refractivity contribution in [2.24, 2.45) is 5.73 Å². The van der Waals surface area contributed by atoms with Crippen LogP contribution in [0.1, 0.15) is 28.3 Å². The molecule has 0 amide bonds. The zero-order valence-electron chi connectivity index (χ0n) is 11.0. The molecule has 112 valence electrons. The van der Waals surface area contributed by atoms with Gasteiger partial charge in [0.05, 0.1) is 11.6 Å². The molecule has 2 aromatic carbocycles. The minimum Gasteiger partial charge on any atom is -0.320 e. The molecule has 21 heavy (non-hydrogen) atoms. The molecule has 0 saturated heterocycles. The first-order valence-corrected chi connectivity index (χ1v) is 6.46. The van der Waals surface area contributed by atoms with Crippen molar-refractivity contribution in [1.82, 2.24) is 0 Å². The molecule has 2 rings (SSSR count). The number of hydrogen-bond donors (Lipinski definition) is 1. The van der Waals surface area contributed by atoms with Crippen molar-refractivity contribution in [3.63, 3.8) is 0 Å². The van der Waals surface area contributed by atoms with Crippen LogP contribution in [0.4, 0.5) is 17.6 Å². The second kappa shape index (κ2) is 5.66. The Balaban J connectivity index is 2.47. The zero-order valence-corrected chi connectivity index (χ0v) is 11.8. The van der Waals surface area contributed by atoms with E-state index in [0.717, 1.165) is 17.7 Å². The maximum absolute atomic E-state index is 13.8. The van der Waals surface area contributed by atoms with Gasteiger partial charge in [-0.05, 0) is 42.3 Å². The summed E-state index contributed by atoms with van der Waals surface area (Å²) in [6, 6.07) is 6.00. The summed E-state index contributed by atoms with van der Waals surface area (Å²) in [6.07, 6.45) is -4.55. The van der Waals surface area contributed by atoms with Crippen LogP contribution < -0.4 is 5.73 Å². The van der Waals surface area contributed by atoms with Crippen LogP contribution in [0.3, 0.4) is 0 Å². The third-order valence-corrected chi connectivity index (χ3v) is 3.62. The Bertz CT molecular complexity index is 667. The predicted molar refractivity (Wildman–Crippen MR) is 73.6 cm³/mol. The molecule has 0 saturated carbocycles. The smallest absolute Gasteiger partial charge is 0.320 e. The number of alkyl halides is 3. The molecule has 1 nitrogen and oxygen atoms in total. The Hall–Kier alpha value is -1.59. The normalized spacial score (nSPS) is 13.3. The van der Waals surface area contributed by atoms with Gasteiger partial charge in [0, 0.05) is 10.6 Å². The fourth-order valence-electron chi connectivity index (χ4n) is 1.94. The summed E-state index contributed by atoms with van der Waals surface area (Å²) in [6.45, 7) is 1.78. The van der Waals surface area contributed by atoms with Crippen molar-refractivity contribution in [3.8, 4) is 0 Å². The molecular formula is C15H12ClF4N. The van der Waals surface area contributed by atoms with Gasteiger partial charge in [0.1, 0.15) is 5.82 Å². The minimum absolute atomic E-state index is 0.218. The summed E-state index contributed by atoms with van der Waals surface area (Å²) in [5.74, 6) is -0.785. The standard InChI is InChI=1S/C15H12ClF4N/c1-8-2-3-9(6-12(8)16)14(21)11-7-10(15(18,19)20)4-5-13(11)17/h2-7,14H,21H2,1H3. The topological polar surface area (TPSA) is 26.0 Å². The van der Waals surface area contributed by atoms with E-state index in [1.54, 1.807) is 19.1 Å². The van der Waals surface area contributed by atoms with Gasteiger partial charge in [-0.2, -0.15) is 13.2 Å². The summed E-state index contributed by atoms with van der Waals surface area (Å²) in [5.41, 5.74) is 5.98. The number of rotatable bonds is 2. The SMILES string of the molecule is Cc1ccc(C(N)c2cc(C(F)(F)F)ccc2F)cc1Cl. The summed E-state index contributed by atoms with van der Waals surface area (Å²) in [4.78, 5) is 0. The Morgan fingerprint density at radius 1 is 1.10 bits per heavy atom. The monoisotopic (exact) mass is 317 g/mol. The van der Waals surface area contributed by atoms with Crippen molar-refractivity contribution >= 4 is 11.6 Å². The Labute approximate surface area is 124 Å². The highest BCUT2D eigenvalue weighted by atomic mass is 35.5. The minimum atomic E-state index is -4.55. The van der Waals surface area contributed by atoms with Gasteiger partial charge < -0.3 is 5.73 Å². The number of halogens is 5. The van der Waals surface area contributed by atoms with E-state index in [1.807, 2.05) is 0 Å². The molecule has 0 bridgehead atoms. The van der Waals surface area contributed by atoms with Crippen LogP contribution in [0.25, 0.3) is 0 Å². The van der Waals surface area contributed by atoms with Crippen LogP contribution >= 0.6 is 11.6 Å². The lowest BCUT2D eigenvalue weighted by Gasteiger charge is -2.16. The lowest BCUT2D eigenvalue weighted by atomic mass is 9.96. The van der Waals surface area contributed by atoms with E-state index in [-0.39, 0.29) is 5.56 Å². The summed E-state index contributed by atoms with van der Waals surface area (Å²) < 4.78 is 51.9. The fraction of sp³-hybridized carbons (Fsp3) is 0.200. The third kappa shape index (κ3) is 3.36. The lowest BCUT2D eigenvalue weighted by Crippen LogP contribution is -2.16. The number of hydrogen-bond acceptors (Lipinski definition) is 1. The van der Waals surface area contributed by atoms with E-state index in [0.29, 0.717) is 16.7 Å². The molecule has 1 atom stereocenters. The second-order valence-electron chi connectivity index (χ2n) is 4.72. The number of nitrogens with two attached hydrogens (primary N) is 1. The van der Waals surface area contributed by atoms with Crippen LogP contribution in [-0.2, 0) is 6.18 Å². The predicted octanol–water partition coefficient (Wildman–Crippen LogP) is 4.85. The van der Waals surface area contributed by atoms with Crippen LogP contribution in [0, 0.1) is 12.7 Å².